The summed E-state index contributed by atoms with van der Waals surface area (Å²) in [7, 11) is 0. The summed E-state index contributed by atoms with van der Waals surface area (Å²) in [4.78, 5) is 8.48. The average molecular weight is 228 g/mol. The first-order valence-electron chi connectivity index (χ1n) is 5.56. The highest BCUT2D eigenvalue weighted by molar-refractivity contribution is 5.49. The number of hydrogen-bond donors (Lipinski definition) is 2. The molecule has 0 saturated heterocycles. The highest BCUT2D eigenvalue weighted by Crippen LogP contribution is 2.18. The van der Waals surface area contributed by atoms with Crippen LogP contribution in [0.3, 0.4) is 0 Å². The van der Waals surface area contributed by atoms with E-state index in [1.54, 1.807) is 6.20 Å². The standard InChI is InChI=1S/C13H16N4/c1-9(11-4-3-7-15-8-11)16-13-6-5-12(14)10(2)17-13/h3-9H,14H2,1-2H3,(H,16,17). The zero-order valence-electron chi connectivity index (χ0n) is 10.0. The molecular formula is C13H16N4. The van der Waals surface area contributed by atoms with Gasteiger partial charge in [0.05, 0.1) is 17.4 Å². The van der Waals surface area contributed by atoms with Gasteiger partial charge in [-0.2, -0.15) is 0 Å². The van der Waals surface area contributed by atoms with Gasteiger partial charge in [0.2, 0.25) is 0 Å². The number of anilines is 2. The topological polar surface area (TPSA) is 63.8 Å². The lowest BCUT2D eigenvalue weighted by Crippen LogP contribution is -2.09. The molecule has 0 bridgehead atoms. The molecule has 0 saturated carbocycles. The maximum absolute atomic E-state index is 5.73. The first-order chi connectivity index (χ1) is 8.16. The zero-order chi connectivity index (χ0) is 12.3. The summed E-state index contributed by atoms with van der Waals surface area (Å²) in [5.41, 5.74) is 8.41. The fourth-order valence-corrected chi connectivity index (χ4v) is 1.59. The number of nitrogens with zero attached hydrogens (tertiary/aromatic N) is 2. The highest BCUT2D eigenvalue weighted by Gasteiger charge is 2.06. The molecular weight excluding hydrogens is 212 g/mol. The van der Waals surface area contributed by atoms with Crippen molar-refractivity contribution in [2.75, 3.05) is 11.1 Å². The van der Waals surface area contributed by atoms with Crippen molar-refractivity contribution in [1.82, 2.24) is 9.97 Å². The van der Waals surface area contributed by atoms with Crippen molar-refractivity contribution in [3.63, 3.8) is 0 Å². The van der Waals surface area contributed by atoms with Crippen LogP contribution in [0.15, 0.2) is 36.7 Å². The van der Waals surface area contributed by atoms with E-state index in [-0.39, 0.29) is 6.04 Å². The number of nitrogen functional groups attached to an aromatic ring is 1. The van der Waals surface area contributed by atoms with Crippen molar-refractivity contribution >= 4 is 11.5 Å². The normalized spacial score (nSPS) is 12.1. The number of nitrogens with two attached hydrogens (primary N) is 1. The zero-order valence-corrected chi connectivity index (χ0v) is 10.0. The minimum Gasteiger partial charge on any atom is -0.397 e. The molecule has 1 unspecified atom stereocenters. The Bertz CT molecular complexity index is 496. The van der Waals surface area contributed by atoms with E-state index in [1.165, 1.54) is 0 Å². The van der Waals surface area contributed by atoms with Crippen molar-refractivity contribution in [1.29, 1.82) is 0 Å². The Morgan fingerprint density at radius 1 is 1.29 bits per heavy atom. The summed E-state index contributed by atoms with van der Waals surface area (Å²) in [6.45, 7) is 3.97. The van der Waals surface area contributed by atoms with Crippen LogP contribution in [0.25, 0.3) is 0 Å². The van der Waals surface area contributed by atoms with Gasteiger partial charge in [-0.05, 0) is 37.6 Å². The lowest BCUT2D eigenvalue weighted by atomic mass is 10.1. The molecule has 1 atom stereocenters. The number of aryl methyl sites for hydroxylation is 1. The highest BCUT2D eigenvalue weighted by atomic mass is 15.0. The number of rotatable bonds is 3. The van der Waals surface area contributed by atoms with Gasteiger partial charge in [-0.25, -0.2) is 4.98 Å². The van der Waals surface area contributed by atoms with E-state index in [1.807, 2.05) is 37.4 Å². The monoisotopic (exact) mass is 228 g/mol. The van der Waals surface area contributed by atoms with Crippen LogP contribution in [0, 0.1) is 6.92 Å². The van der Waals surface area contributed by atoms with Crippen LogP contribution in [-0.2, 0) is 0 Å². The van der Waals surface area contributed by atoms with Crippen LogP contribution in [0.5, 0.6) is 0 Å². The quantitative estimate of drug-likeness (QED) is 0.847. The van der Waals surface area contributed by atoms with E-state index < -0.39 is 0 Å². The SMILES string of the molecule is Cc1nc(NC(C)c2cccnc2)ccc1N. The number of nitrogens with one attached hydrogen (secondary N) is 1. The van der Waals surface area contributed by atoms with Crippen LogP contribution in [0.4, 0.5) is 11.5 Å². The lowest BCUT2D eigenvalue weighted by Gasteiger charge is -2.15. The molecule has 0 aliphatic heterocycles. The largest absolute Gasteiger partial charge is 0.397 e. The lowest BCUT2D eigenvalue weighted by molar-refractivity contribution is 0.864. The first-order valence-corrected chi connectivity index (χ1v) is 5.56. The molecule has 2 rings (SSSR count). The number of pyridine rings is 2. The molecule has 88 valence electrons. The molecule has 2 heterocycles. The Morgan fingerprint density at radius 3 is 2.76 bits per heavy atom. The third-order valence-electron chi connectivity index (χ3n) is 2.68. The van der Waals surface area contributed by atoms with Gasteiger partial charge < -0.3 is 11.1 Å². The second-order valence-electron chi connectivity index (χ2n) is 4.02. The number of aromatic nitrogens is 2. The molecule has 3 N–H and O–H groups in total. The van der Waals surface area contributed by atoms with Gasteiger partial charge in [-0.3, -0.25) is 4.98 Å². The average Bonchev–Trinajstić information content (AvgIpc) is 2.35. The van der Waals surface area contributed by atoms with E-state index in [2.05, 4.69) is 22.2 Å². The van der Waals surface area contributed by atoms with E-state index in [9.17, 15) is 0 Å². The summed E-state index contributed by atoms with van der Waals surface area (Å²) in [5, 5.41) is 3.32. The van der Waals surface area contributed by atoms with Crippen LogP contribution >= 0.6 is 0 Å². The molecule has 0 radical (unpaired) electrons. The maximum Gasteiger partial charge on any atom is 0.126 e. The van der Waals surface area contributed by atoms with Gasteiger partial charge in [0.25, 0.3) is 0 Å². The van der Waals surface area contributed by atoms with Crippen LogP contribution in [-0.4, -0.2) is 9.97 Å². The Balaban J connectivity index is 2.13. The fraction of sp³-hybridized carbons (Fsp3) is 0.231. The Kier molecular flexibility index (Phi) is 3.23. The van der Waals surface area contributed by atoms with E-state index >= 15 is 0 Å². The summed E-state index contributed by atoms with van der Waals surface area (Å²) in [6, 6.07) is 7.87. The Morgan fingerprint density at radius 2 is 2.12 bits per heavy atom. The minimum absolute atomic E-state index is 0.166. The molecule has 0 spiro atoms. The summed E-state index contributed by atoms with van der Waals surface area (Å²) in [6.07, 6.45) is 3.61. The number of hydrogen-bond acceptors (Lipinski definition) is 4. The molecule has 0 amide bonds. The fourth-order valence-electron chi connectivity index (χ4n) is 1.59. The third-order valence-corrected chi connectivity index (χ3v) is 2.68. The van der Waals surface area contributed by atoms with E-state index in [0.29, 0.717) is 5.69 Å². The minimum atomic E-state index is 0.166. The van der Waals surface area contributed by atoms with Gasteiger partial charge in [-0.15, -0.1) is 0 Å². The molecule has 4 heteroatoms. The molecule has 17 heavy (non-hydrogen) atoms. The van der Waals surface area contributed by atoms with Crippen molar-refractivity contribution in [2.45, 2.75) is 19.9 Å². The Labute approximate surface area is 101 Å². The smallest absolute Gasteiger partial charge is 0.126 e. The maximum atomic E-state index is 5.73. The molecule has 0 aliphatic carbocycles. The van der Waals surface area contributed by atoms with Gasteiger partial charge in [0, 0.05) is 12.4 Å². The van der Waals surface area contributed by atoms with Crippen molar-refractivity contribution in [3.8, 4) is 0 Å². The summed E-state index contributed by atoms with van der Waals surface area (Å²) >= 11 is 0. The van der Waals surface area contributed by atoms with Crippen LogP contribution in [0.1, 0.15) is 24.2 Å². The van der Waals surface area contributed by atoms with Crippen molar-refractivity contribution < 1.29 is 0 Å². The summed E-state index contributed by atoms with van der Waals surface area (Å²) in [5.74, 6) is 0.827. The summed E-state index contributed by atoms with van der Waals surface area (Å²) < 4.78 is 0. The second kappa shape index (κ2) is 4.82. The van der Waals surface area contributed by atoms with Crippen molar-refractivity contribution in [3.05, 3.63) is 47.9 Å². The predicted octanol–water partition coefficient (Wildman–Crippen LogP) is 2.54. The Hall–Kier alpha value is -2.10. The molecule has 2 aromatic heterocycles. The van der Waals surface area contributed by atoms with E-state index in [0.717, 1.165) is 17.1 Å². The molecule has 0 aromatic carbocycles. The predicted molar refractivity (Wildman–Crippen MR) is 69.7 cm³/mol. The van der Waals surface area contributed by atoms with Crippen molar-refractivity contribution in [2.24, 2.45) is 0 Å². The molecule has 0 fully saturated rings. The van der Waals surface area contributed by atoms with Crippen LogP contribution in [0.2, 0.25) is 0 Å². The molecule has 2 aromatic rings. The second-order valence-corrected chi connectivity index (χ2v) is 4.02. The first kappa shape index (κ1) is 11.4. The van der Waals surface area contributed by atoms with Gasteiger partial charge in [0.1, 0.15) is 5.82 Å². The van der Waals surface area contributed by atoms with Gasteiger partial charge >= 0.3 is 0 Å². The van der Waals surface area contributed by atoms with Gasteiger partial charge in [-0.1, -0.05) is 6.07 Å². The van der Waals surface area contributed by atoms with E-state index in [4.69, 9.17) is 5.73 Å². The van der Waals surface area contributed by atoms with Gasteiger partial charge in [0.15, 0.2) is 0 Å². The van der Waals surface area contributed by atoms with Crippen LogP contribution < -0.4 is 11.1 Å². The third kappa shape index (κ3) is 2.72. The molecule has 0 aliphatic rings. The molecule has 4 nitrogen and oxygen atoms in total.